The fraction of sp³-hybridized carbons (Fsp3) is 0.345. The van der Waals surface area contributed by atoms with E-state index in [1.54, 1.807) is 26.2 Å². The van der Waals surface area contributed by atoms with Crippen LogP contribution in [0.1, 0.15) is 50.7 Å². The maximum Gasteiger partial charge on any atom is 0.306 e. The lowest BCUT2D eigenvalue weighted by molar-refractivity contribution is -0.141. The maximum atomic E-state index is 14.7. The Bertz CT molecular complexity index is 1140. The van der Waals surface area contributed by atoms with E-state index in [-0.39, 0.29) is 18.3 Å². The summed E-state index contributed by atoms with van der Waals surface area (Å²) in [5, 5.41) is 9.32. The standard InChI is InChI=1S/C29H33FO5/c1-5-6-14-34-28-15-21(10-12-25(28)26-17-23(33-4)11-13-27(26)30)18-35-24-9-7-8-22(16-24)19(2)20(3)29(31)32/h7-13,15-17,19-20H,5-6,14,18H2,1-4H3,(H,31,32)/t19-,20?/m1/s1. The molecular formula is C29H33FO5. The van der Waals surface area contributed by atoms with Crippen molar-refractivity contribution in [3.05, 3.63) is 77.6 Å². The Morgan fingerprint density at radius 2 is 1.77 bits per heavy atom. The average molecular weight is 481 g/mol. The molecule has 0 aliphatic rings. The van der Waals surface area contributed by atoms with Crippen molar-refractivity contribution in [2.45, 2.75) is 46.1 Å². The molecule has 0 aliphatic carbocycles. The summed E-state index contributed by atoms with van der Waals surface area (Å²) in [6.07, 6.45) is 1.88. The van der Waals surface area contributed by atoms with Gasteiger partial charge in [-0.05, 0) is 59.9 Å². The van der Waals surface area contributed by atoms with Gasteiger partial charge >= 0.3 is 5.97 Å². The summed E-state index contributed by atoms with van der Waals surface area (Å²) in [5.74, 6) is -0.0137. The molecule has 0 aliphatic heterocycles. The zero-order valence-corrected chi connectivity index (χ0v) is 20.7. The van der Waals surface area contributed by atoms with Crippen molar-refractivity contribution < 1.29 is 28.5 Å². The molecule has 1 unspecified atom stereocenters. The van der Waals surface area contributed by atoms with Crippen molar-refractivity contribution in [1.29, 1.82) is 0 Å². The van der Waals surface area contributed by atoms with E-state index in [0.717, 1.165) is 24.0 Å². The van der Waals surface area contributed by atoms with Crippen LogP contribution >= 0.6 is 0 Å². The van der Waals surface area contributed by atoms with Crippen LogP contribution in [0.4, 0.5) is 4.39 Å². The van der Waals surface area contributed by atoms with Crippen LogP contribution in [0.3, 0.4) is 0 Å². The summed E-state index contributed by atoms with van der Waals surface area (Å²) in [7, 11) is 1.55. The first-order valence-electron chi connectivity index (χ1n) is 11.9. The second-order valence-electron chi connectivity index (χ2n) is 8.66. The number of ether oxygens (including phenoxy) is 3. The highest BCUT2D eigenvalue weighted by Crippen LogP contribution is 2.35. The largest absolute Gasteiger partial charge is 0.497 e. The van der Waals surface area contributed by atoms with Gasteiger partial charge < -0.3 is 19.3 Å². The van der Waals surface area contributed by atoms with Gasteiger partial charge in [0.05, 0.1) is 19.6 Å². The van der Waals surface area contributed by atoms with Crippen LogP contribution in [-0.2, 0) is 11.4 Å². The second-order valence-corrected chi connectivity index (χ2v) is 8.66. The number of carboxylic acids is 1. The van der Waals surface area contributed by atoms with Crippen molar-refractivity contribution in [1.82, 2.24) is 0 Å². The van der Waals surface area contributed by atoms with Gasteiger partial charge in [-0.2, -0.15) is 0 Å². The highest BCUT2D eigenvalue weighted by atomic mass is 19.1. The first kappa shape index (κ1) is 26.1. The van der Waals surface area contributed by atoms with Crippen molar-refractivity contribution in [3.63, 3.8) is 0 Å². The number of hydrogen-bond donors (Lipinski definition) is 1. The fourth-order valence-electron chi connectivity index (χ4n) is 3.72. The molecule has 0 aromatic heterocycles. The van der Waals surface area contributed by atoms with E-state index in [0.29, 0.717) is 35.0 Å². The molecule has 1 N–H and O–H groups in total. The molecule has 0 amide bonds. The van der Waals surface area contributed by atoms with E-state index in [1.807, 2.05) is 49.4 Å². The van der Waals surface area contributed by atoms with Crippen LogP contribution in [0, 0.1) is 11.7 Å². The van der Waals surface area contributed by atoms with Crippen LogP contribution in [0.15, 0.2) is 60.7 Å². The van der Waals surface area contributed by atoms with Gasteiger partial charge in [-0.1, -0.05) is 51.5 Å². The lowest BCUT2D eigenvalue weighted by Crippen LogP contribution is -2.16. The highest BCUT2D eigenvalue weighted by Gasteiger charge is 2.21. The Kier molecular flexibility index (Phi) is 9.12. The number of aliphatic carboxylic acids is 1. The van der Waals surface area contributed by atoms with Crippen LogP contribution < -0.4 is 14.2 Å². The van der Waals surface area contributed by atoms with Crippen LogP contribution in [-0.4, -0.2) is 24.8 Å². The minimum Gasteiger partial charge on any atom is -0.497 e. The third-order valence-corrected chi connectivity index (χ3v) is 6.19. The summed E-state index contributed by atoms with van der Waals surface area (Å²) >= 11 is 0. The summed E-state index contributed by atoms with van der Waals surface area (Å²) < 4.78 is 32.0. The first-order valence-corrected chi connectivity index (χ1v) is 11.9. The molecule has 0 bridgehead atoms. The molecule has 6 heteroatoms. The van der Waals surface area contributed by atoms with E-state index in [1.165, 1.54) is 6.07 Å². The van der Waals surface area contributed by atoms with E-state index in [9.17, 15) is 14.3 Å². The monoisotopic (exact) mass is 480 g/mol. The molecule has 0 saturated heterocycles. The molecule has 3 aromatic carbocycles. The van der Waals surface area contributed by atoms with Crippen molar-refractivity contribution in [2.24, 2.45) is 5.92 Å². The lowest BCUT2D eigenvalue weighted by atomic mass is 9.89. The minimum absolute atomic E-state index is 0.147. The van der Waals surface area contributed by atoms with Crippen molar-refractivity contribution in [2.75, 3.05) is 13.7 Å². The van der Waals surface area contributed by atoms with Gasteiger partial charge in [-0.3, -0.25) is 4.79 Å². The van der Waals surface area contributed by atoms with E-state index in [4.69, 9.17) is 14.2 Å². The van der Waals surface area contributed by atoms with Crippen molar-refractivity contribution in [3.8, 4) is 28.4 Å². The number of carbonyl (C=O) groups is 1. The predicted octanol–water partition coefficient (Wildman–Crippen LogP) is 7.08. The van der Waals surface area contributed by atoms with Gasteiger partial charge in [-0.15, -0.1) is 0 Å². The number of carboxylic acid groups (broad SMARTS) is 1. The predicted molar refractivity (Wildman–Crippen MR) is 135 cm³/mol. The number of hydrogen-bond acceptors (Lipinski definition) is 4. The molecule has 5 nitrogen and oxygen atoms in total. The molecule has 186 valence electrons. The molecule has 3 aromatic rings. The second kappa shape index (κ2) is 12.2. The Labute approximate surface area is 206 Å². The SMILES string of the molecule is CCCCOc1cc(COc2cccc([C@H](C)C(C)C(=O)O)c2)ccc1-c1cc(OC)ccc1F. The molecule has 0 saturated carbocycles. The van der Waals surface area contributed by atoms with Gasteiger partial charge in [0.25, 0.3) is 0 Å². The number of benzene rings is 3. The normalized spacial score (nSPS) is 12.6. The minimum atomic E-state index is -0.827. The Morgan fingerprint density at radius 3 is 2.49 bits per heavy atom. The average Bonchev–Trinajstić information content (AvgIpc) is 2.87. The third kappa shape index (κ3) is 6.75. The summed E-state index contributed by atoms with van der Waals surface area (Å²) in [5.41, 5.74) is 2.85. The molecule has 2 atom stereocenters. The molecule has 0 radical (unpaired) electrons. The van der Waals surface area contributed by atoms with Crippen LogP contribution in [0.5, 0.6) is 17.2 Å². The van der Waals surface area contributed by atoms with Crippen LogP contribution in [0.25, 0.3) is 11.1 Å². The molecule has 0 fully saturated rings. The molecule has 0 heterocycles. The van der Waals surface area contributed by atoms with Gasteiger partial charge in [0.1, 0.15) is 29.7 Å². The van der Waals surface area contributed by atoms with Crippen LogP contribution in [0.2, 0.25) is 0 Å². The van der Waals surface area contributed by atoms with Gasteiger partial charge in [0.2, 0.25) is 0 Å². The lowest BCUT2D eigenvalue weighted by Gasteiger charge is -2.18. The number of rotatable bonds is 12. The van der Waals surface area contributed by atoms with E-state index < -0.39 is 11.9 Å². The first-order chi connectivity index (χ1) is 16.8. The van der Waals surface area contributed by atoms with Gasteiger partial charge in [-0.25, -0.2) is 4.39 Å². The number of unbranched alkanes of at least 4 members (excludes halogenated alkanes) is 1. The molecule has 0 spiro atoms. The third-order valence-electron chi connectivity index (χ3n) is 6.19. The molecular weight excluding hydrogens is 447 g/mol. The zero-order chi connectivity index (χ0) is 25.4. The summed E-state index contributed by atoms with van der Waals surface area (Å²) in [4.78, 5) is 11.3. The smallest absolute Gasteiger partial charge is 0.306 e. The number of methoxy groups -OCH3 is 1. The molecule has 35 heavy (non-hydrogen) atoms. The summed E-state index contributed by atoms with van der Waals surface area (Å²) in [6.45, 7) is 6.50. The Balaban J connectivity index is 1.83. The van der Waals surface area contributed by atoms with E-state index in [2.05, 4.69) is 6.92 Å². The van der Waals surface area contributed by atoms with Gasteiger partial charge in [0.15, 0.2) is 0 Å². The number of halogens is 1. The molecule has 3 rings (SSSR count). The summed E-state index contributed by atoms with van der Waals surface area (Å²) in [6, 6.07) is 17.7. The Morgan fingerprint density at radius 1 is 0.971 bits per heavy atom. The topological polar surface area (TPSA) is 65.0 Å². The Hall–Kier alpha value is -3.54. The maximum absolute atomic E-state index is 14.7. The zero-order valence-electron chi connectivity index (χ0n) is 20.7. The van der Waals surface area contributed by atoms with Gasteiger partial charge in [0, 0.05) is 11.1 Å². The highest BCUT2D eigenvalue weighted by molar-refractivity contribution is 5.73. The van der Waals surface area contributed by atoms with E-state index >= 15 is 0 Å². The van der Waals surface area contributed by atoms with Crippen molar-refractivity contribution >= 4 is 5.97 Å². The quantitative estimate of drug-likeness (QED) is 0.281. The fourth-order valence-corrected chi connectivity index (χ4v) is 3.72.